The highest BCUT2D eigenvalue weighted by molar-refractivity contribution is 5.97. The molecule has 30 heavy (non-hydrogen) atoms. The molecule has 10 nitrogen and oxygen atoms in total. The fourth-order valence-electron chi connectivity index (χ4n) is 3.16. The van der Waals surface area contributed by atoms with Crippen molar-refractivity contribution < 1.29 is 9.72 Å². The summed E-state index contributed by atoms with van der Waals surface area (Å²) >= 11 is 0. The summed E-state index contributed by atoms with van der Waals surface area (Å²) < 4.78 is 1.23. The normalized spacial score (nSPS) is 11.1. The van der Waals surface area contributed by atoms with E-state index in [9.17, 15) is 24.5 Å². The zero-order chi connectivity index (χ0) is 22.6. The van der Waals surface area contributed by atoms with Gasteiger partial charge >= 0.3 is 5.69 Å². The summed E-state index contributed by atoms with van der Waals surface area (Å²) in [6.07, 6.45) is -0.286. The van der Waals surface area contributed by atoms with Crippen molar-refractivity contribution >= 4 is 23.1 Å². The molecule has 0 atom stereocenters. The van der Waals surface area contributed by atoms with Crippen LogP contribution in [-0.4, -0.2) is 26.9 Å². The smallest absolute Gasteiger partial charge is 0.330 e. The summed E-state index contributed by atoms with van der Waals surface area (Å²) in [6, 6.07) is 5.94. The Bertz CT molecular complexity index is 1050. The Morgan fingerprint density at radius 3 is 2.40 bits per heavy atom. The molecule has 0 fully saturated rings. The summed E-state index contributed by atoms with van der Waals surface area (Å²) in [5.41, 5.74) is 4.67. The van der Waals surface area contributed by atoms with E-state index in [-0.39, 0.29) is 54.1 Å². The summed E-state index contributed by atoms with van der Waals surface area (Å²) in [7, 11) is 0. The molecule has 1 aromatic heterocycles. The number of aromatic amines is 1. The number of nitrogens with zero attached hydrogens (tertiary/aromatic N) is 3. The number of nitrogen functional groups attached to an aromatic ring is 1. The van der Waals surface area contributed by atoms with E-state index in [0.717, 1.165) is 0 Å². The molecule has 2 rings (SSSR count). The van der Waals surface area contributed by atoms with Crippen LogP contribution in [0.4, 0.5) is 17.2 Å². The van der Waals surface area contributed by atoms with Crippen molar-refractivity contribution in [3.05, 3.63) is 60.8 Å². The average molecular weight is 417 g/mol. The SMILES string of the molecule is CC(C)CN(C(=O)Cc1ccccc1[N+](=O)[O-])c1c(N)n(CC(C)C)c(=O)[nH]c1=O. The minimum absolute atomic E-state index is 0.0241. The van der Waals surface area contributed by atoms with Crippen LogP contribution in [0.5, 0.6) is 0 Å². The maximum Gasteiger partial charge on any atom is 0.330 e. The topological polar surface area (TPSA) is 144 Å². The summed E-state index contributed by atoms with van der Waals surface area (Å²) in [5.74, 6) is -0.576. The maximum absolute atomic E-state index is 13.2. The maximum atomic E-state index is 13.2. The highest BCUT2D eigenvalue weighted by Gasteiger charge is 2.27. The Morgan fingerprint density at radius 2 is 1.83 bits per heavy atom. The Balaban J connectivity index is 2.56. The van der Waals surface area contributed by atoms with Crippen LogP contribution in [0.3, 0.4) is 0 Å². The Morgan fingerprint density at radius 1 is 1.20 bits per heavy atom. The first-order valence-corrected chi connectivity index (χ1v) is 9.68. The number of amides is 1. The second-order valence-corrected chi connectivity index (χ2v) is 7.96. The van der Waals surface area contributed by atoms with Crippen LogP contribution in [0.2, 0.25) is 0 Å². The van der Waals surface area contributed by atoms with E-state index in [1.54, 1.807) is 6.07 Å². The van der Waals surface area contributed by atoms with Gasteiger partial charge in [-0.1, -0.05) is 45.9 Å². The van der Waals surface area contributed by atoms with Crippen LogP contribution in [0.25, 0.3) is 0 Å². The third kappa shape index (κ3) is 5.13. The molecular formula is C20H27N5O5. The standard InChI is InChI=1S/C20H27N5O5/c1-12(2)10-23(16(26)9-14-7-5-6-8-15(14)25(29)30)17-18(21)24(11-13(3)4)20(28)22-19(17)27/h5-8,12-13H,9-11,21H2,1-4H3,(H,22,27,28). The van der Waals surface area contributed by atoms with Gasteiger partial charge < -0.3 is 10.6 Å². The monoisotopic (exact) mass is 417 g/mol. The van der Waals surface area contributed by atoms with Crippen LogP contribution in [0, 0.1) is 22.0 Å². The van der Waals surface area contributed by atoms with Crippen LogP contribution in [0.1, 0.15) is 33.3 Å². The molecule has 2 aromatic rings. The van der Waals surface area contributed by atoms with Gasteiger partial charge in [-0.05, 0) is 11.8 Å². The van der Waals surface area contributed by atoms with E-state index in [2.05, 4.69) is 4.98 Å². The van der Waals surface area contributed by atoms with Gasteiger partial charge in [-0.25, -0.2) is 4.79 Å². The number of nitrogens with two attached hydrogens (primary N) is 1. The molecule has 1 heterocycles. The highest BCUT2D eigenvalue weighted by Crippen LogP contribution is 2.23. The molecule has 0 aliphatic rings. The third-order valence-corrected chi connectivity index (χ3v) is 4.41. The quantitative estimate of drug-likeness (QED) is 0.496. The minimum atomic E-state index is -0.769. The van der Waals surface area contributed by atoms with Gasteiger partial charge in [0.15, 0.2) is 5.69 Å². The van der Waals surface area contributed by atoms with Crippen LogP contribution in [0.15, 0.2) is 33.9 Å². The predicted octanol–water partition coefficient (Wildman–Crippen LogP) is 1.91. The molecule has 0 aliphatic carbocycles. The van der Waals surface area contributed by atoms with Crippen molar-refractivity contribution in [2.45, 2.75) is 40.7 Å². The largest absolute Gasteiger partial charge is 0.383 e. The number of aromatic nitrogens is 2. The molecule has 0 radical (unpaired) electrons. The summed E-state index contributed by atoms with van der Waals surface area (Å²) in [6.45, 7) is 7.93. The molecule has 3 N–H and O–H groups in total. The number of hydrogen-bond acceptors (Lipinski definition) is 6. The first kappa shape index (κ1) is 22.9. The molecule has 10 heteroatoms. The van der Waals surface area contributed by atoms with Gasteiger partial charge in [-0.15, -0.1) is 0 Å². The van der Waals surface area contributed by atoms with Gasteiger partial charge in [-0.3, -0.25) is 29.3 Å². The molecule has 0 aliphatic heterocycles. The molecule has 1 aromatic carbocycles. The minimum Gasteiger partial charge on any atom is -0.383 e. The second-order valence-electron chi connectivity index (χ2n) is 7.96. The lowest BCUT2D eigenvalue weighted by Crippen LogP contribution is -2.43. The first-order chi connectivity index (χ1) is 14.0. The number of carbonyl (C=O) groups is 1. The lowest BCUT2D eigenvalue weighted by Gasteiger charge is -2.26. The number of hydrogen-bond donors (Lipinski definition) is 2. The van der Waals surface area contributed by atoms with E-state index in [4.69, 9.17) is 5.73 Å². The van der Waals surface area contributed by atoms with Crippen molar-refractivity contribution in [1.29, 1.82) is 0 Å². The molecule has 0 unspecified atom stereocenters. The molecule has 162 valence electrons. The average Bonchev–Trinajstić information content (AvgIpc) is 2.64. The van der Waals surface area contributed by atoms with Crippen molar-refractivity contribution in [3.63, 3.8) is 0 Å². The zero-order valence-corrected chi connectivity index (χ0v) is 17.5. The second kappa shape index (κ2) is 9.38. The Kier molecular flexibility index (Phi) is 7.14. The van der Waals surface area contributed by atoms with Gasteiger partial charge in [0.05, 0.1) is 11.3 Å². The van der Waals surface area contributed by atoms with Gasteiger partial charge in [0.1, 0.15) is 5.82 Å². The number of H-pyrrole nitrogens is 1. The number of anilines is 2. The molecular weight excluding hydrogens is 390 g/mol. The van der Waals surface area contributed by atoms with E-state index >= 15 is 0 Å². The fourth-order valence-corrected chi connectivity index (χ4v) is 3.16. The molecule has 0 spiro atoms. The lowest BCUT2D eigenvalue weighted by molar-refractivity contribution is -0.385. The van der Waals surface area contributed by atoms with Gasteiger partial charge in [0.25, 0.3) is 11.2 Å². The molecule has 0 saturated heterocycles. The number of rotatable bonds is 8. The van der Waals surface area contributed by atoms with Crippen LogP contribution >= 0.6 is 0 Å². The van der Waals surface area contributed by atoms with Crippen LogP contribution < -0.4 is 21.9 Å². The Labute approximate surface area is 173 Å². The van der Waals surface area contributed by atoms with Gasteiger partial charge in [0, 0.05) is 24.7 Å². The number of benzene rings is 1. The van der Waals surface area contributed by atoms with Crippen molar-refractivity contribution in [3.8, 4) is 0 Å². The molecule has 0 saturated carbocycles. The number of nitro groups is 1. The lowest BCUT2D eigenvalue weighted by atomic mass is 10.1. The number of para-hydroxylation sites is 1. The molecule has 0 bridgehead atoms. The number of carbonyl (C=O) groups excluding carboxylic acids is 1. The van der Waals surface area contributed by atoms with E-state index in [1.807, 2.05) is 27.7 Å². The van der Waals surface area contributed by atoms with E-state index in [1.165, 1.54) is 27.7 Å². The number of nitrogens with one attached hydrogen (secondary N) is 1. The summed E-state index contributed by atoms with van der Waals surface area (Å²) in [4.78, 5) is 52.1. The predicted molar refractivity (Wildman–Crippen MR) is 115 cm³/mol. The highest BCUT2D eigenvalue weighted by atomic mass is 16.6. The fraction of sp³-hybridized carbons (Fsp3) is 0.450. The third-order valence-electron chi connectivity index (χ3n) is 4.41. The van der Waals surface area contributed by atoms with Gasteiger partial charge in [-0.2, -0.15) is 0 Å². The number of nitro benzene ring substituents is 1. The van der Waals surface area contributed by atoms with E-state index < -0.39 is 22.1 Å². The molecule has 1 amide bonds. The van der Waals surface area contributed by atoms with Crippen molar-refractivity contribution in [1.82, 2.24) is 9.55 Å². The zero-order valence-electron chi connectivity index (χ0n) is 17.5. The van der Waals surface area contributed by atoms with E-state index in [0.29, 0.717) is 0 Å². The summed E-state index contributed by atoms with van der Waals surface area (Å²) in [5, 5.41) is 11.3. The van der Waals surface area contributed by atoms with Gasteiger partial charge in [0.2, 0.25) is 5.91 Å². The Hall–Kier alpha value is -3.43. The first-order valence-electron chi connectivity index (χ1n) is 9.68. The van der Waals surface area contributed by atoms with Crippen LogP contribution in [-0.2, 0) is 17.8 Å². The van der Waals surface area contributed by atoms with Crippen molar-refractivity contribution in [2.24, 2.45) is 11.8 Å². The van der Waals surface area contributed by atoms with Crippen molar-refractivity contribution in [2.75, 3.05) is 17.2 Å².